The summed E-state index contributed by atoms with van der Waals surface area (Å²) in [5.74, 6) is 1.36. The van der Waals surface area contributed by atoms with Gasteiger partial charge >= 0.3 is 39.6 Å². The Balaban J connectivity index is 0.000000621. The van der Waals surface area contributed by atoms with E-state index in [1.807, 2.05) is 18.2 Å². The second-order valence-electron chi connectivity index (χ2n) is 6.21. The van der Waals surface area contributed by atoms with Crippen molar-refractivity contribution in [2.75, 3.05) is 0 Å². The first-order valence-electron chi connectivity index (χ1n) is 8.01. The SMILES string of the molecule is CC(C)Cc1cccc(CC(C)C)c1[O-].C[CH2][Al+][CH2]C. The van der Waals surface area contributed by atoms with Crippen LogP contribution in [0.1, 0.15) is 52.7 Å². The fraction of sp³-hybridized carbons (Fsp3) is 0.667. The molecule has 20 heavy (non-hydrogen) atoms. The van der Waals surface area contributed by atoms with Gasteiger partial charge in [0.2, 0.25) is 0 Å². The number of hydrogen-bond acceptors (Lipinski definition) is 1. The van der Waals surface area contributed by atoms with Gasteiger partial charge in [-0.3, -0.25) is 0 Å². The van der Waals surface area contributed by atoms with E-state index in [0.717, 1.165) is 39.2 Å². The fourth-order valence-corrected chi connectivity index (χ4v) is 2.71. The molecule has 0 heterocycles. The number of rotatable bonds is 6. The van der Waals surface area contributed by atoms with Crippen molar-refractivity contribution >= 4 is 15.2 Å². The Morgan fingerprint density at radius 3 is 1.55 bits per heavy atom. The van der Waals surface area contributed by atoms with Crippen LogP contribution in [0.15, 0.2) is 18.2 Å². The second-order valence-corrected chi connectivity index (χ2v) is 8.42. The molecule has 0 aliphatic rings. The Labute approximate surface area is 132 Å². The average molecular weight is 290 g/mol. The van der Waals surface area contributed by atoms with Gasteiger partial charge in [0.1, 0.15) is 0 Å². The maximum absolute atomic E-state index is 12.0. The Morgan fingerprint density at radius 1 is 0.900 bits per heavy atom. The molecular weight excluding hydrogens is 259 g/mol. The molecule has 1 rings (SSSR count). The topological polar surface area (TPSA) is 23.1 Å². The van der Waals surface area contributed by atoms with Crippen molar-refractivity contribution in [3.63, 3.8) is 0 Å². The summed E-state index contributed by atoms with van der Waals surface area (Å²) in [5.41, 5.74) is 1.95. The molecule has 0 aromatic heterocycles. The van der Waals surface area contributed by atoms with Crippen molar-refractivity contribution in [1.82, 2.24) is 0 Å². The number of hydrogen-bond donors (Lipinski definition) is 0. The van der Waals surface area contributed by atoms with Gasteiger partial charge in [-0.1, -0.05) is 57.0 Å². The van der Waals surface area contributed by atoms with Gasteiger partial charge in [0.05, 0.1) is 0 Å². The molecule has 0 bridgehead atoms. The molecule has 0 N–H and O–H groups in total. The Kier molecular flexibility index (Phi) is 11.0. The van der Waals surface area contributed by atoms with E-state index in [2.05, 4.69) is 41.5 Å². The van der Waals surface area contributed by atoms with Crippen molar-refractivity contribution < 1.29 is 5.11 Å². The summed E-state index contributed by atoms with van der Waals surface area (Å²) >= 11 is 0.815. The van der Waals surface area contributed by atoms with Crippen LogP contribution in [0.4, 0.5) is 0 Å². The van der Waals surface area contributed by atoms with Crippen molar-refractivity contribution in [2.24, 2.45) is 11.8 Å². The van der Waals surface area contributed by atoms with Gasteiger partial charge < -0.3 is 5.11 Å². The van der Waals surface area contributed by atoms with Crippen molar-refractivity contribution in [3.05, 3.63) is 29.3 Å². The summed E-state index contributed by atoms with van der Waals surface area (Å²) in [6.45, 7) is 13.1. The van der Waals surface area contributed by atoms with Gasteiger partial charge in [-0.05, 0) is 24.7 Å². The molecule has 0 radical (unpaired) electrons. The molecule has 1 nitrogen and oxygen atoms in total. The summed E-state index contributed by atoms with van der Waals surface area (Å²) in [6.07, 6.45) is 1.79. The summed E-state index contributed by atoms with van der Waals surface area (Å²) in [4.78, 5) is 0. The summed E-state index contributed by atoms with van der Waals surface area (Å²) < 4.78 is 0. The molecule has 0 aliphatic carbocycles. The van der Waals surface area contributed by atoms with Gasteiger partial charge in [0.25, 0.3) is 0 Å². The quantitative estimate of drug-likeness (QED) is 0.695. The molecule has 0 spiro atoms. The summed E-state index contributed by atoms with van der Waals surface area (Å²) in [7, 11) is 0. The zero-order valence-electron chi connectivity index (χ0n) is 14.2. The van der Waals surface area contributed by atoms with E-state index in [1.165, 1.54) is 10.6 Å². The molecule has 0 saturated heterocycles. The molecule has 0 fully saturated rings. The van der Waals surface area contributed by atoms with Crippen LogP contribution in [-0.4, -0.2) is 15.2 Å². The minimum absolute atomic E-state index is 0.264. The van der Waals surface area contributed by atoms with Crippen LogP contribution in [0.3, 0.4) is 0 Å². The van der Waals surface area contributed by atoms with Crippen LogP contribution >= 0.6 is 0 Å². The third kappa shape index (κ3) is 8.67. The predicted molar refractivity (Wildman–Crippen MR) is 89.7 cm³/mol. The van der Waals surface area contributed by atoms with Gasteiger partial charge in [0, 0.05) is 0 Å². The van der Waals surface area contributed by atoms with E-state index in [1.54, 1.807) is 0 Å². The van der Waals surface area contributed by atoms with Gasteiger partial charge in [0.15, 0.2) is 0 Å². The summed E-state index contributed by atoms with van der Waals surface area (Å²) in [5, 5.41) is 14.9. The van der Waals surface area contributed by atoms with Crippen LogP contribution in [0.2, 0.25) is 10.6 Å². The zero-order chi connectivity index (χ0) is 15.5. The van der Waals surface area contributed by atoms with Gasteiger partial charge in [-0.2, -0.15) is 0 Å². The first-order chi connectivity index (χ1) is 9.42. The first-order valence-corrected chi connectivity index (χ1v) is 9.64. The van der Waals surface area contributed by atoms with Crippen LogP contribution in [0.5, 0.6) is 5.75 Å². The summed E-state index contributed by atoms with van der Waals surface area (Å²) in [6, 6.07) is 5.94. The van der Waals surface area contributed by atoms with Gasteiger partial charge in [-0.15, -0.1) is 5.75 Å². The van der Waals surface area contributed by atoms with E-state index >= 15 is 0 Å². The molecule has 0 saturated carbocycles. The fourth-order valence-electron chi connectivity index (χ4n) is 2.13. The third-order valence-corrected chi connectivity index (χ3v) is 4.17. The molecular formula is C18H31AlO. The second kappa shape index (κ2) is 11.2. The standard InChI is InChI=1S/C14H22O.2C2H5.Al/c1-10(2)8-12-6-5-7-13(14(12)15)9-11(3)4;2*1-2;/h5-7,10-11,15H,8-9H2,1-4H3;2*1H2,2H3;/q;;;+1/p-1. The van der Waals surface area contributed by atoms with Crippen molar-refractivity contribution in [1.29, 1.82) is 0 Å². The molecule has 0 aliphatic heterocycles. The number of benzene rings is 1. The Hall–Kier alpha value is -0.448. The molecule has 2 heteroatoms. The van der Waals surface area contributed by atoms with Gasteiger partial charge in [-0.25, -0.2) is 0 Å². The van der Waals surface area contributed by atoms with E-state index in [9.17, 15) is 5.11 Å². The zero-order valence-corrected chi connectivity index (χ0v) is 15.4. The average Bonchev–Trinajstić information content (AvgIpc) is 2.35. The molecule has 112 valence electrons. The predicted octanol–water partition coefficient (Wildman–Crippen LogP) is 4.72. The van der Waals surface area contributed by atoms with E-state index in [-0.39, 0.29) is 5.75 Å². The van der Waals surface area contributed by atoms with E-state index in [4.69, 9.17) is 0 Å². The molecule has 0 unspecified atom stereocenters. The van der Waals surface area contributed by atoms with E-state index in [0.29, 0.717) is 11.8 Å². The van der Waals surface area contributed by atoms with Crippen LogP contribution < -0.4 is 5.11 Å². The third-order valence-electron chi connectivity index (χ3n) is 3.01. The van der Waals surface area contributed by atoms with Crippen molar-refractivity contribution in [2.45, 2.75) is 64.9 Å². The molecule has 1 aromatic rings. The van der Waals surface area contributed by atoms with Crippen molar-refractivity contribution in [3.8, 4) is 5.75 Å². The molecule has 0 amide bonds. The molecule has 1 aromatic carbocycles. The van der Waals surface area contributed by atoms with E-state index < -0.39 is 0 Å². The monoisotopic (exact) mass is 290 g/mol. The minimum atomic E-state index is 0.264. The Bertz CT molecular complexity index is 328. The number of para-hydroxylation sites is 1. The van der Waals surface area contributed by atoms with Crippen LogP contribution in [-0.2, 0) is 12.8 Å². The first kappa shape index (κ1) is 19.6. The maximum atomic E-state index is 12.0. The van der Waals surface area contributed by atoms with Crippen LogP contribution in [0, 0.1) is 11.8 Å². The normalized spacial score (nSPS) is 10.2. The molecule has 0 atom stereocenters. The Morgan fingerprint density at radius 2 is 1.30 bits per heavy atom. The van der Waals surface area contributed by atoms with Crippen LogP contribution in [0.25, 0.3) is 0 Å².